The molecule has 0 fully saturated rings. The highest BCUT2D eigenvalue weighted by Gasteiger charge is 2.39. The number of allylic oxidation sites excluding steroid dienone is 7. The summed E-state index contributed by atoms with van der Waals surface area (Å²) in [6.45, 7) is 14.5. The number of carboxylic acid groups (broad SMARTS) is 1. The standard InChI is InChI=1S/C50H61F2NO7/c1-8-25-58-39-21-18-36(19-22-39)42-29-45(59-26-23-31(42)3)46(50(57)60-27-24-38(54)20-16-30(2)35(7)49(55)56)40-12-9-11-37-17-15-32(4)48(41-13-10-14-43(51)47(41)52)53-44(37)28-33(5)34(40)6/h10-11,13-14,18-19,21-22,28-30,34-35,40,46H,8-9,12,15-17,20,23-27H2,1-7H3,(H,55,56). The third-order valence-corrected chi connectivity index (χ3v) is 12.4. The van der Waals surface area contributed by atoms with Gasteiger partial charge in [0.05, 0.1) is 37.1 Å². The van der Waals surface area contributed by atoms with Gasteiger partial charge in [0.1, 0.15) is 23.2 Å². The highest BCUT2D eigenvalue weighted by atomic mass is 19.2. The third-order valence-electron chi connectivity index (χ3n) is 12.4. The molecule has 2 heterocycles. The summed E-state index contributed by atoms with van der Waals surface area (Å²) >= 11 is 0. The fourth-order valence-corrected chi connectivity index (χ4v) is 8.09. The van der Waals surface area contributed by atoms with Crippen molar-refractivity contribution in [3.63, 3.8) is 0 Å². The van der Waals surface area contributed by atoms with E-state index in [0.717, 1.165) is 51.7 Å². The average molecular weight is 826 g/mol. The van der Waals surface area contributed by atoms with Crippen LogP contribution >= 0.6 is 0 Å². The van der Waals surface area contributed by atoms with Gasteiger partial charge in [0.2, 0.25) is 0 Å². The highest BCUT2D eigenvalue weighted by molar-refractivity contribution is 6.11. The maximum Gasteiger partial charge on any atom is 0.316 e. The fraction of sp³-hybridized carbons (Fsp3) is 0.480. The Morgan fingerprint density at radius 2 is 1.70 bits per heavy atom. The molecule has 5 atom stereocenters. The Balaban J connectivity index is 1.49. The molecule has 2 aromatic carbocycles. The molecule has 2 aliphatic heterocycles. The van der Waals surface area contributed by atoms with Gasteiger partial charge in [-0.2, -0.15) is 0 Å². The minimum absolute atomic E-state index is 0.0233. The molecule has 10 heteroatoms. The Morgan fingerprint density at radius 1 is 0.950 bits per heavy atom. The molecule has 0 bridgehead atoms. The summed E-state index contributed by atoms with van der Waals surface area (Å²) < 4.78 is 47.9. The van der Waals surface area contributed by atoms with Gasteiger partial charge in [-0.1, -0.05) is 63.1 Å². The summed E-state index contributed by atoms with van der Waals surface area (Å²) in [6.07, 6.45) is 10.9. The number of halogens is 2. The van der Waals surface area contributed by atoms with E-state index in [1.54, 1.807) is 13.0 Å². The van der Waals surface area contributed by atoms with Crippen molar-refractivity contribution >= 4 is 34.7 Å². The van der Waals surface area contributed by atoms with Crippen LogP contribution in [-0.2, 0) is 23.9 Å². The molecule has 0 spiro atoms. The van der Waals surface area contributed by atoms with Crippen molar-refractivity contribution in [1.82, 2.24) is 0 Å². The van der Waals surface area contributed by atoms with Gasteiger partial charge in [-0.05, 0) is 136 Å². The molecule has 8 nitrogen and oxygen atoms in total. The zero-order valence-corrected chi connectivity index (χ0v) is 36.2. The summed E-state index contributed by atoms with van der Waals surface area (Å²) in [7, 11) is 0. The van der Waals surface area contributed by atoms with Gasteiger partial charge < -0.3 is 19.3 Å². The van der Waals surface area contributed by atoms with E-state index in [0.29, 0.717) is 68.9 Å². The lowest BCUT2D eigenvalue weighted by Crippen LogP contribution is -2.33. The molecule has 60 heavy (non-hydrogen) atoms. The van der Waals surface area contributed by atoms with Crippen LogP contribution in [0.2, 0.25) is 0 Å². The molecule has 2 aromatic rings. The van der Waals surface area contributed by atoms with Gasteiger partial charge in [-0.15, -0.1) is 0 Å². The number of carboxylic acids is 1. The van der Waals surface area contributed by atoms with Gasteiger partial charge in [0.25, 0.3) is 0 Å². The first kappa shape index (κ1) is 46.0. The summed E-state index contributed by atoms with van der Waals surface area (Å²) in [5, 5.41) is 9.37. The van der Waals surface area contributed by atoms with Gasteiger partial charge in [0, 0.05) is 24.8 Å². The minimum atomic E-state index is -0.924. The SMILES string of the molecule is CCCOc1ccc(C2=C(C)CCOC(C(C(=O)OCCC(=O)CCC(C)C(C)C(=O)O)C3CCC=C4CCC(C)=C(c5cccc(F)c5F)N=C4C=C(C)C3C)=C2)cc1. The van der Waals surface area contributed by atoms with E-state index in [1.807, 2.05) is 57.2 Å². The minimum Gasteiger partial charge on any atom is -0.497 e. The van der Waals surface area contributed by atoms with Crippen LogP contribution in [0.25, 0.3) is 11.3 Å². The normalized spacial score (nSPS) is 20.2. The van der Waals surface area contributed by atoms with Gasteiger partial charge in [-0.3, -0.25) is 14.4 Å². The topological polar surface area (TPSA) is 111 Å². The molecule has 322 valence electrons. The van der Waals surface area contributed by atoms with Crippen LogP contribution in [0.15, 0.2) is 93.7 Å². The lowest BCUT2D eigenvalue weighted by molar-refractivity contribution is -0.151. The molecule has 0 saturated heterocycles. The molecule has 5 rings (SSSR count). The Kier molecular flexibility index (Phi) is 16.4. The number of ether oxygens (including phenoxy) is 3. The van der Waals surface area contributed by atoms with E-state index in [1.165, 1.54) is 6.07 Å². The number of Topliss-reactive ketones (excluding diaryl/α,β-unsaturated/α-hetero) is 1. The van der Waals surface area contributed by atoms with Gasteiger partial charge in [-0.25, -0.2) is 13.8 Å². The molecular formula is C50H61F2NO7. The number of aliphatic imine (C=N–C) groups is 1. The number of benzene rings is 2. The molecule has 0 saturated carbocycles. The molecule has 1 N–H and O–H groups in total. The Bertz CT molecular complexity index is 2090. The highest BCUT2D eigenvalue weighted by Crippen LogP contribution is 2.41. The number of rotatable bonds is 16. The van der Waals surface area contributed by atoms with Crippen molar-refractivity contribution in [1.29, 1.82) is 0 Å². The van der Waals surface area contributed by atoms with E-state index >= 15 is 4.39 Å². The number of hydrogen-bond donors (Lipinski definition) is 1. The zero-order valence-electron chi connectivity index (χ0n) is 36.2. The lowest BCUT2D eigenvalue weighted by Gasteiger charge is -2.32. The van der Waals surface area contributed by atoms with Crippen molar-refractivity contribution in [3.05, 3.63) is 112 Å². The second-order valence-corrected chi connectivity index (χ2v) is 16.7. The third kappa shape index (κ3) is 11.6. The smallest absolute Gasteiger partial charge is 0.316 e. The van der Waals surface area contributed by atoms with E-state index in [9.17, 15) is 23.9 Å². The average Bonchev–Trinajstić information content (AvgIpc) is 3.49. The van der Waals surface area contributed by atoms with Crippen LogP contribution in [0.3, 0.4) is 0 Å². The lowest BCUT2D eigenvalue weighted by atomic mass is 9.75. The molecule has 1 aliphatic carbocycles. The van der Waals surface area contributed by atoms with Crippen molar-refractivity contribution in [2.24, 2.45) is 34.6 Å². The number of nitrogens with zero attached hydrogens (tertiary/aromatic N) is 1. The van der Waals surface area contributed by atoms with Gasteiger partial charge in [0.15, 0.2) is 11.6 Å². The number of aliphatic carboxylic acids is 1. The van der Waals surface area contributed by atoms with Crippen LogP contribution in [0, 0.1) is 41.2 Å². The second kappa shape index (κ2) is 21.4. The van der Waals surface area contributed by atoms with Crippen LogP contribution in [0.1, 0.15) is 117 Å². The maximum absolute atomic E-state index is 15.2. The number of fused-ring (bicyclic) bond motifs is 1. The number of ketones is 1. The van der Waals surface area contributed by atoms with E-state index in [2.05, 4.69) is 26.8 Å². The molecular weight excluding hydrogens is 765 g/mol. The molecule has 0 amide bonds. The summed E-state index contributed by atoms with van der Waals surface area (Å²) in [5.41, 5.74) is 7.15. The molecule has 3 aliphatic rings. The Labute approximate surface area is 354 Å². The fourth-order valence-electron chi connectivity index (χ4n) is 8.09. The number of carbonyl (C=O) groups is 3. The van der Waals surface area contributed by atoms with E-state index in [4.69, 9.17) is 19.2 Å². The van der Waals surface area contributed by atoms with Crippen molar-refractivity contribution in [2.45, 2.75) is 106 Å². The second-order valence-electron chi connectivity index (χ2n) is 16.7. The van der Waals surface area contributed by atoms with E-state index in [-0.39, 0.29) is 48.5 Å². The zero-order chi connectivity index (χ0) is 43.5. The Hall–Kier alpha value is -5.12. The maximum atomic E-state index is 15.2. The predicted octanol–water partition coefficient (Wildman–Crippen LogP) is 11.7. The largest absolute Gasteiger partial charge is 0.497 e. The van der Waals surface area contributed by atoms with Crippen LogP contribution in [-0.4, -0.2) is 48.4 Å². The van der Waals surface area contributed by atoms with Crippen molar-refractivity contribution in [2.75, 3.05) is 19.8 Å². The summed E-state index contributed by atoms with van der Waals surface area (Å²) in [6, 6.07) is 12.1. The molecule has 0 aromatic heterocycles. The van der Waals surface area contributed by atoms with Gasteiger partial charge >= 0.3 is 11.9 Å². The van der Waals surface area contributed by atoms with Crippen molar-refractivity contribution in [3.8, 4) is 5.75 Å². The number of hydrogen-bond acceptors (Lipinski definition) is 7. The van der Waals surface area contributed by atoms with Crippen LogP contribution < -0.4 is 4.74 Å². The predicted molar refractivity (Wildman–Crippen MR) is 232 cm³/mol. The summed E-state index contributed by atoms with van der Waals surface area (Å²) in [4.78, 5) is 43.9. The quantitative estimate of drug-likeness (QED) is 0.168. The molecule has 5 unspecified atom stereocenters. The van der Waals surface area contributed by atoms with Crippen LogP contribution in [0.4, 0.5) is 8.78 Å². The number of carbonyl (C=O) groups excluding carboxylic acids is 2. The van der Waals surface area contributed by atoms with Crippen molar-refractivity contribution < 1.29 is 42.5 Å². The van der Waals surface area contributed by atoms with E-state index < -0.39 is 35.4 Å². The monoisotopic (exact) mass is 825 g/mol. The first-order valence-electron chi connectivity index (χ1n) is 21.5. The number of esters is 1. The molecule has 0 radical (unpaired) electrons. The first-order valence-corrected chi connectivity index (χ1v) is 21.5. The first-order chi connectivity index (χ1) is 28.7. The van der Waals surface area contributed by atoms with Crippen LogP contribution in [0.5, 0.6) is 5.75 Å². The Morgan fingerprint density at radius 3 is 2.42 bits per heavy atom. The summed E-state index contributed by atoms with van der Waals surface area (Å²) in [5.74, 6) is -4.03.